The van der Waals surface area contributed by atoms with Crippen molar-refractivity contribution >= 4 is 74.0 Å². The fourth-order valence-corrected chi connectivity index (χ4v) is 7.55. The molecule has 14 heteroatoms. The second-order valence-corrected chi connectivity index (χ2v) is 13.1. The fourth-order valence-electron chi connectivity index (χ4n) is 4.49. The number of anilines is 1. The van der Waals surface area contributed by atoms with Gasteiger partial charge in [-0.25, -0.2) is 4.98 Å². The molecule has 0 bridgehead atoms. The maximum absolute atomic E-state index is 13.0. The average molecular weight is 675 g/mol. The molecule has 0 aliphatic carbocycles. The Hall–Kier alpha value is -4.43. The van der Waals surface area contributed by atoms with E-state index in [0.717, 1.165) is 25.8 Å². The van der Waals surface area contributed by atoms with Gasteiger partial charge in [0.1, 0.15) is 5.75 Å². The highest BCUT2D eigenvalue weighted by atomic mass is 35.5. The lowest BCUT2D eigenvalue weighted by atomic mass is 10.2. The molecule has 226 valence electrons. The van der Waals surface area contributed by atoms with E-state index >= 15 is 0 Å². The molecular formula is C31H23ClN6O4S3. The normalized spacial score (nSPS) is 11.1. The SMILES string of the molecule is COc1ccc([N+](=O)[O-])cc1CSc1nc2ccc(NC(=O)CSc3nnc(-c4ccccc4Cl)n3-c3ccccc3)cc2s1. The van der Waals surface area contributed by atoms with Crippen molar-refractivity contribution in [2.45, 2.75) is 15.2 Å². The van der Waals surface area contributed by atoms with Gasteiger partial charge in [0.15, 0.2) is 15.3 Å². The van der Waals surface area contributed by atoms with E-state index in [1.165, 1.54) is 54.1 Å². The van der Waals surface area contributed by atoms with Crippen molar-refractivity contribution in [3.05, 3.63) is 112 Å². The highest BCUT2D eigenvalue weighted by Gasteiger charge is 2.19. The number of aromatic nitrogens is 4. The zero-order chi connectivity index (χ0) is 31.3. The van der Waals surface area contributed by atoms with Crippen LogP contribution in [0, 0.1) is 10.1 Å². The molecule has 0 unspecified atom stereocenters. The summed E-state index contributed by atoms with van der Waals surface area (Å²) < 4.78 is 8.97. The van der Waals surface area contributed by atoms with E-state index in [4.69, 9.17) is 16.3 Å². The zero-order valence-electron chi connectivity index (χ0n) is 23.5. The predicted molar refractivity (Wildman–Crippen MR) is 180 cm³/mol. The standard InChI is InChI=1S/C31H23ClN6O4S3/c1-42-26-14-12-22(38(40)41)15-19(26)17-44-31-34-25-13-11-20(16-27(25)45-31)33-28(39)18-43-30-36-35-29(23-9-5-6-10-24(23)32)37(30)21-7-3-2-4-8-21/h2-16H,17-18H2,1H3,(H,33,39). The molecule has 1 N–H and O–H groups in total. The first-order valence-corrected chi connectivity index (χ1v) is 16.6. The third-order valence-electron chi connectivity index (χ3n) is 6.57. The van der Waals surface area contributed by atoms with E-state index in [-0.39, 0.29) is 17.3 Å². The lowest BCUT2D eigenvalue weighted by molar-refractivity contribution is -0.384. The Morgan fingerprint density at radius 3 is 2.60 bits per heavy atom. The molecule has 0 spiro atoms. The summed E-state index contributed by atoms with van der Waals surface area (Å²) >= 11 is 10.7. The minimum Gasteiger partial charge on any atom is -0.496 e. The number of benzene rings is 4. The van der Waals surface area contributed by atoms with Crippen LogP contribution in [0.5, 0.6) is 5.75 Å². The lowest BCUT2D eigenvalue weighted by Gasteiger charge is -2.11. The van der Waals surface area contributed by atoms with Crippen LogP contribution in [0.25, 0.3) is 27.3 Å². The van der Waals surface area contributed by atoms with Gasteiger partial charge in [0.2, 0.25) is 5.91 Å². The van der Waals surface area contributed by atoms with Gasteiger partial charge < -0.3 is 10.1 Å². The highest BCUT2D eigenvalue weighted by molar-refractivity contribution is 8.00. The van der Waals surface area contributed by atoms with Crippen molar-refractivity contribution in [3.8, 4) is 22.8 Å². The molecule has 1 amide bonds. The number of thiazole rings is 1. The molecular weight excluding hydrogens is 652 g/mol. The Morgan fingerprint density at radius 1 is 1.02 bits per heavy atom. The first-order chi connectivity index (χ1) is 21.9. The number of nitro groups is 1. The van der Waals surface area contributed by atoms with Crippen molar-refractivity contribution in [3.63, 3.8) is 0 Å². The Bertz CT molecular complexity index is 2020. The third-order valence-corrected chi connectivity index (χ3v) is 10.0. The first kappa shape index (κ1) is 30.6. The summed E-state index contributed by atoms with van der Waals surface area (Å²) in [7, 11) is 1.54. The fraction of sp³-hybridized carbons (Fsp3) is 0.0968. The van der Waals surface area contributed by atoms with Gasteiger partial charge in [-0.1, -0.05) is 65.5 Å². The topological polar surface area (TPSA) is 125 Å². The van der Waals surface area contributed by atoms with Crippen LogP contribution in [-0.4, -0.2) is 43.4 Å². The molecule has 2 heterocycles. The molecule has 6 aromatic rings. The number of hydrogen-bond donors (Lipinski definition) is 1. The van der Waals surface area contributed by atoms with E-state index in [0.29, 0.717) is 38.8 Å². The summed E-state index contributed by atoms with van der Waals surface area (Å²) in [6, 6.07) is 27.2. The van der Waals surface area contributed by atoms with E-state index < -0.39 is 4.92 Å². The quantitative estimate of drug-likeness (QED) is 0.0823. The maximum atomic E-state index is 13.0. The molecule has 0 atom stereocenters. The number of hydrogen-bond acceptors (Lipinski definition) is 10. The van der Waals surface area contributed by atoms with Gasteiger partial charge in [0, 0.05) is 40.4 Å². The number of nitro benzene ring substituents is 1. The predicted octanol–water partition coefficient (Wildman–Crippen LogP) is 8.14. The van der Waals surface area contributed by atoms with E-state index in [9.17, 15) is 14.9 Å². The Morgan fingerprint density at radius 2 is 1.82 bits per heavy atom. The van der Waals surface area contributed by atoms with Crippen LogP contribution in [0.15, 0.2) is 100 Å². The Labute approximate surface area is 275 Å². The third kappa shape index (κ3) is 6.96. The van der Waals surface area contributed by atoms with Crippen molar-refractivity contribution in [2.75, 3.05) is 18.2 Å². The molecule has 4 aromatic carbocycles. The smallest absolute Gasteiger partial charge is 0.270 e. The van der Waals surface area contributed by atoms with Crippen molar-refractivity contribution in [2.24, 2.45) is 0 Å². The molecule has 0 aliphatic rings. The van der Waals surface area contributed by atoms with Crippen LogP contribution in [0.3, 0.4) is 0 Å². The molecule has 0 radical (unpaired) electrons. The van der Waals surface area contributed by atoms with Crippen molar-refractivity contribution < 1.29 is 14.5 Å². The summed E-state index contributed by atoms with van der Waals surface area (Å²) in [5.41, 5.74) is 3.76. The number of carbonyl (C=O) groups excluding carboxylic acids is 1. The summed E-state index contributed by atoms with van der Waals surface area (Å²) in [5.74, 6) is 1.54. The number of rotatable bonds is 11. The number of fused-ring (bicyclic) bond motifs is 1. The molecule has 2 aromatic heterocycles. The maximum Gasteiger partial charge on any atom is 0.270 e. The number of non-ortho nitro benzene ring substituents is 1. The number of methoxy groups -OCH3 is 1. The molecule has 0 saturated heterocycles. The van der Waals surface area contributed by atoms with Gasteiger partial charge in [0.05, 0.1) is 33.0 Å². The number of para-hydroxylation sites is 1. The minimum atomic E-state index is -0.425. The molecule has 0 aliphatic heterocycles. The second kappa shape index (κ2) is 13.7. The second-order valence-electron chi connectivity index (χ2n) is 9.50. The number of amides is 1. The van der Waals surface area contributed by atoms with Crippen LogP contribution in [-0.2, 0) is 10.5 Å². The summed E-state index contributed by atoms with van der Waals surface area (Å²) in [5, 5.41) is 24.1. The minimum absolute atomic E-state index is 0.00980. The van der Waals surface area contributed by atoms with E-state index in [2.05, 4.69) is 20.5 Å². The van der Waals surface area contributed by atoms with Crippen molar-refractivity contribution in [1.29, 1.82) is 0 Å². The average Bonchev–Trinajstić information content (AvgIpc) is 3.67. The molecule has 45 heavy (non-hydrogen) atoms. The summed E-state index contributed by atoms with van der Waals surface area (Å²) in [6.07, 6.45) is 0. The van der Waals surface area contributed by atoms with Gasteiger partial charge >= 0.3 is 0 Å². The van der Waals surface area contributed by atoms with Crippen LogP contribution in [0.2, 0.25) is 5.02 Å². The van der Waals surface area contributed by atoms with Gasteiger partial charge in [0.25, 0.3) is 5.69 Å². The van der Waals surface area contributed by atoms with Crippen LogP contribution in [0.4, 0.5) is 11.4 Å². The Kier molecular flexibility index (Phi) is 9.31. The van der Waals surface area contributed by atoms with E-state index in [1.807, 2.05) is 71.3 Å². The number of carbonyl (C=O) groups is 1. The van der Waals surface area contributed by atoms with Crippen LogP contribution in [0.1, 0.15) is 5.56 Å². The number of nitrogens with zero attached hydrogens (tertiary/aromatic N) is 5. The highest BCUT2D eigenvalue weighted by Crippen LogP contribution is 2.36. The van der Waals surface area contributed by atoms with Crippen LogP contribution < -0.4 is 10.1 Å². The summed E-state index contributed by atoms with van der Waals surface area (Å²) in [6.45, 7) is 0. The zero-order valence-corrected chi connectivity index (χ0v) is 26.8. The van der Waals surface area contributed by atoms with Gasteiger partial charge in [-0.05, 0) is 48.5 Å². The monoisotopic (exact) mass is 674 g/mol. The molecule has 10 nitrogen and oxygen atoms in total. The summed E-state index contributed by atoms with van der Waals surface area (Å²) in [4.78, 5) is 28.5. The molecule has 0 fully saturated rings. The largest absolute Gasteiger partial charge is 0.496 e. The van der Waals surface area contributed by atoms with Gasteiger partial charge in [-0.15, -0.1) is 21.5 Å². The van der Waals surface area contributed by atoms with Crippen LogP contribution >= 0.6 is 46.5 Å². The number of halogens is 1. The first-order valence-electron chi connectivity index (χ1n) is 13.4. The number of thioether (sulfide) groups is 2. The van der Waals surface area contributed by atoms with Crippen molar-refractivity contribution in [1.82, 2.24) is 19.7 Å². The van der Waals surface area contributed by atoms with Gasteiger partial charge in [-0.3, -0.25) is 19.5 Å². The van der Waals surface area contributed by atoms with Gasteiger partial charge in [-0.2, -0.15) is 0 Å². The molecule has 0 saturated carbocycles. The lowest BCUT2D eigenvalue weighted by Crippen LogP contribution is -2.14. The number of nitrogens with one attached hydrogen (secondary N) is 1. The molecule has 6 rings (SSSR count). The number of ether oxygens (including phenoxy) is 1. The Balaban J connectivity index is 1.14. The van der Waals surface area contributed by atoms with E-state index in [1.54, 1.807) is 12.1 Å².